The Bertz CT molecular complexity index is 539. The summed E-state index contributed by atoms with van der Waals surface area (Å²) in [5.41, 5.74) is 8.35. The maximum absolute atomic E-state index is 5.93. The Kier molecular flexibility index (Phi) is 3.85. The number of nitrogens with zero attached hydrogens (tertiary/aromatic N) is 4. The fraction of sp³-hybridized carbons (Fsp3) is 0.733. The molecule has 3 aliphatic rings. The molecule has 0 spiro atoms. The molecule has 120 valence electrons. The Hall–Kier alpha value is -1.44. The molecule has 0 radical (unpaired) electrons. The first-order valence-corrected chi connectivity index (χ1v) is 8.24. The highest BCUT2D eigenvalue weighted by atomic mass is 16.5. The molecule has 2 saturated heterocycles. The molecule has 4 heterocycles. The van der Waals surface area contributed by atoms with Gasteiger partial charge in [-0.2, -0.15) is 4.98 Å². The van der Waals surface area contributed by atoms with Gasteiger partial charge in [0.25, 0.3) is 0 Å². The van der Waals surface area contributed by atoms with Crippen molar-refractivity contribution >= 4 is 11.8 Å². The molecule has 0 bridgehead atoms. The van der Waals surface area contributed by atoms with E-state index in [2.05, 4.69) is 25.1 Å². The summed E-state index contributed by atoms with van der Waals surface area (Å²) in [6, 6.07) is 0.625. The first-order valence-electron chi connectivity index (χ1n) is 8.24. The van der Waals surface area contributed by atoms with Crippen LogP contribution in [0.25, 0.3) is 0 Å². The van der Waals surface area contributed by atoms with Gasteiger partial charge in [0, 0.05) is 50.7 Å². The van der Waals surface area contributed by atoms with Gasteiger partial charge in [0.15, 0.2) is 0 Å². The van der Waals surface area contributed by atoms with E-state index in [0.717, 1.165) is 76.8 Å². The van der Waals surface area contributed by atoms with Gasteiger partial charge in [-0.25, -0.2) is 4.98 Å². The minimum atomic E-state index is 0.408. The summed E-state index contributed by atoms with van der Waals surface area (Å²) in [7, 11) is 0. The third kappa shape index (κ3) is 2.64. The van der Waals surface area contributed by atoms with Crippen LogP contribution in [0.4, 0.5) is 11.8 Å². The molecular formula is C15H24N6O. The lowest BCUT2D eigenvalue weighted by molar-refractivity contribution is 0.0104. The standard InChI is InChI=1S/C15H24N6O/c16-15-18-13-2-4-17-3-1-12(13)14(19-15)21-9-11(10-21)20-5-7-22-8-6-20/h11,17H,1-10H2,(H2,16,18,19). The number of fused-ring (bicyclic) bond motifs is 1. The topological polar surface area (TPSA) is 79.5 Å². The molecule has 0 unspecified atom stereocenters. The number of nitrogens with two attached hydrogens (primary N) is 1. The number of rotatable bonds is 2. The van der Waals surface area contributed by atoms with Crippen LogP contribution in [0.5, 0.6) is 0 Å². The van der Waals surface area contributed by atoms with Gasteiger partial charge in [-0.15, -0.1) is 0 Å². The maximum atomic E-state index is 5.93. The predicted molar refractivity (Wildman–Crippen MR) is 85.1 cm³/mol. The van der Waals surface area contributed by atoms with Gasteiger partial charge in [0.1, 0.15) is 5.82 Å². The van der Waals surface area contributed by atoms with Crippen molar-refractivity contribution in [3.8, 4) is 0 Å². The van der Waals surface area contributed by atoms with Crippen LogP contribution >= 0.6 is 0 Å². The van der Waals surface area contributed by atoms with Gasteiger partial charge >= 0.3 is 0 Å². The van der Waals surface area contributed by atoms with E-state index in [4.69, 9.17) is 10.5 Å². The number of hydrogen-bond acceptors (Lipinski definition) is 7. The van der Waals surface area contributed by atoms with Gasteiger partial charge < -0.3 is 20.7 Å². The number of anilines is 2. The summed E-state index contributed by atoms with van der Waals surface area (Å²) in [4.78, 5) is 13.9. The highest BCUT2D eigenvalue weighted by Crippen LogP contribution is 2.29. The highest BCUT2D eigenvalue weighted by Gasteiger charge is 2.35. The first-order chi connectivity index (χ1) is 10.8. The van der Waals surface area contributed by atoms with Crippen molar-refractivity contribution in [1.29, 1.82) is 0 Å². The van der Waals surface area contributed by atoms with Crippen LogP contribution < -0.4 is 16.0 Å². The zero-order valence-corrected chi connectivity index (χ0v) is 12.9. The molecule has 7 nitrogen and oxygen atoms in total. The number of morpholine rings is 1. The average Bonchev–Trinajstić information content (AvgIpc) is 2.72. The van der Waals surface area contributed by atoms with Crippen molar-refractivity contribution in [3.63, 3.8) is 0 Å². The Labute approximate surface area is 130 Å². The van der Waals surface area contributed by atoms with Crippen molar-refractivity contribution in [3.05, 3.63) is 11.3 Å². The lowest BCUT2D eigenvalue weighted by Gasteiger charge is -2.47. The number of aromatic nitrogens is 2. The molecule has 0 aliphatic carbocycles. The maximum Gasteiger partial charge on any atom is 0.222 e. The van der Waals surface area contributed by atoms with Gasteiger partial charge in [-0.3, -0.25) is 4.90 Å². The van der Waals surface area contributed by atoms with E-state index in [-0.39, 0.29) is 0 Å². The Morgan fingerprint density at radius 2 is 1.86 bits per heavy atom. The normalized spacial score (nSPS) is 23.7. The average molecular weight is 304 g/mol. The lowest BCUT2D eigenvalue weighted by atomic mass is 10.0. The summed E-state index contributed by atoms with van der Waals surface area (Å²) in [6.07, 6.45) is 1.93. The van der Waals surface area contributed by atoms with Crippen molar-refractivity contribution in [2.75, 3.05) is 63.1 Å². The number of ether oxygens (including phenoxy) is 1. The quantitative estimate of drug-likeness (QED) is 0.745. The summed E-state index contributed by atoms with van der Waals surface area (Å²) >= 11 is 0. The zero-order valence-electron chi connectivity index (χ0n) is 12.9. The summed E-state index contributed by atoms with van der Waals surface area (Å²) in [5, 5.41) is 3.43. The van der Waals surface area contributed by atoms with Gasteiger partial charge in [0.05, 0.1) is 18.9 Å². The molecule has 2 fully saturated rings. The predicted octanol–water partition coefficient (Wildman–Crippen LogP) is -0.732. The molecular weight excluding hydrogens is 280 g/mol. The molecule has 1 aromatic heterocycles. The second kappa shape index (κ2) is 5.98. The van der Waals surface area contributed by atoms with Crippen LogP contribution in [0, 0.1) is 0 Å². The van der Waals surface area contributed by atoms with Crippen LogP contribution in [0.2, 0.25) is 0 Å². The first kappa shape index (κ1) is 14.2. The third-order valence-corrected chi connectivity index (χ3v) is 4.90. The fourth-order valence-corrected chi connectivity index (χ4v) is 3.61. The van der Waals surface area contributed by atoms with Gasteiger partial charge in [-0.1, -0.05) is 0 Å². The largest absolute Gasteiger partial charge is 0.379 e. The molecule has 0 saturated carbocycles. The van der Waals surface area contributed by atoms with Crippen molar-refractivity contribution in [1.82, 2.24) is 20.2 Å². The SMILES string of the molecule is Nc1nc2c(c(N3CC(N4CCOCC4)C3)n1)CCNCC2. The summed E-state index contributed by atoms with van der Waals surface area (Å²) in [5.74, 6) is 1.47. The summed E-state index contributed by atoms with van der Waals surface area (Å²) in [6.45, 7) is 7.86. The zero-order chi connectivity index (χ0) is 14.9. The second-order valence-corrected chi connectivity index (χ2v) is 6.29. The Morgan fingerprint density at radius 1 is 1.09 bits per heavy atom. The molecule has 3 N–H and O–H groups in total. The molecule has 0 aromatic carbocycles. The van der Waals surface area contributed by atoms with Crippen molar-refractivity contribution in [2.24, 2.45) is 0 Å². The number of hydrogen-bond donors (Lipinski definition) is 2. The third-order valence-electron chi connectivity index (χ3n) is 4.90. The smallest absolute Gasteiger partial charge is 0.222 e. The van der Waals surface area contributed by atoms with Crippen LogP contribution in [0.15, 0.2) is 0 Å². The molecule has 3 aliphatic heterocycles. The van der Waals surface area contributed by atoms with E-state index >= 15 is 0 Å². The van der Waals surface area contributed by atoms with Gasteiger partial charge in [0.2, 0.25) is 5.95 Å². The minimum absolute atomic E-state index is 0.408. The second-order valence-electron chi connectivity index (χ2n) is 6.29. The Morgan fingerprint density at radius 3 is 2.68 bits per heavy atom. The molecule has 22 heavy (non-hydrogen) atoms. The van der Waals surface area contributed by atoms with E-state index < -0.39 is 0 Å². The molecule has 7 heteroatoms. The fourth-order valence-electron chi connectivity index (χ4n) is 3.61. The van der Waals surface area contributed by atoms with Crippen molar-refractivity contribution < 1.29 is 4.74 Å². The van der Waals surface area contributed by atoms with E-state index in [0.29, 0.717) is 12.0 Å². The Balaban J connectivity index is 1.50. The highest BCUT2D eigenvalue weighted by molar-refractivity contribution is 5.54. The number of nitrogens with one attached hydrogen (secondary N) is 1. The molecule has 0 atom stereocenters. The minimum Gasteiger partial charge on any atom is -0.379 e. The molecule has 1 aromatic rings. The number of nitrogen functional groups attached to an aromatic ring is 1. The molecule has 0 amide bonds. The van der Waals surface area contributed by atoms with Crippen LogP contribution in [-0.4, -0.2) is 73.4 Å². The lowest BCUT2D eigenvalue weighted by Crippen LogP contribution is -2.62. The van der Waals surface area contributed by atoms with E-state index in [1.807, 2.05) is 0 Å². The molecule has 4 rings (SSSR count). The monoisotopic (exact) mass is 304 g/mol. The van der Waals surface area contributed by atoms with Crippen LogP contribution in [0.1, 0.15) is 11.3 Å². The van der Waals surface area contributed by atoms with Crippen molar-refractivity contribution in [2.45, 2.75) is 18.9 Å². The van der Waals surface area contributed by atoms with Gasteiger partial charge in [-0.05, 0) is 13.0 Å². The van der Waals surface area contributed by atoms with Crippen LogP contribution in [0.3, 0.4) is 0 Å². The summed E-state index contributed by atoms with van der Waals surface area (Å²) < 4.78 is 5.43. The van der Waals surface area contributed by atoms with E-state index in [1.54, 1.807) is 0 Å². The van der Waals surface area contributed by atoms with Crippen LogP contribution in [-0.2, 0) is 17.6 Å². The van der Waals surface area contributed by atoms with E-state index in [9.17, 15) is 0 Å². The van der Waals surface area contributed by atoms with E-state index in [1.165, 1.54) is 5.56 Å².